The average Bonchev–Trinajstić information content (AvgIpc) is 2.81. The molecule has 0 aliphatic heterocycles. The van der Waals surface area contributed by atoms with Crippen LogP contribution in [0, 0.1) is 5.82 Å². The van der Waals surface area contributed by atoms with Gasteiger partial charge in [-0.2, -0.15) is 0 Å². The molecule has 2 aromatic rings. The fourth-order valence-electron chi connectivity index (χ4n) is 1.46. The maximum Gasteiger partial charge on any atom is 0.165 e. The van der Waals surface area contributed by atoms with Crippen molar-refractivity contribution in [2.45, 2.75) is 6.10 Å². The zero-order valence-corrected chi connectivity index (χ0v) is 8.68. The zero-order chi connectivity index (χ0) is 11.5. The summed E-state index contributed by atoms with van der Waals surface area (Å²) in [6.45, 7) is 0. The average molecular weight is 222 g/mol. The first kappa shape index (κ1) is 10.7. The Morgan fingerprint density at radius 2 is 2.19 bits per heavy atom. The highest BCUT2D eigenvalue weighted by Gasteiger charge is 2.15. The summed E-state index contributed by atoms with van der Waals surface area (Å²) >= 11 is 0. The molecule has 0 bridgehead atoms. The van der Waals surface area contributed by atoms with Crippen LogP contribution in [0.4, 0.5) is 4.39 Å². The van der Waals surface area contributed by atoms with Gasteiger partial charge in [0.15, 0.2) is 11.6 Å². The largest absolute Gasteiger partial charge is 0.494 e. The van der Waals surface area contributed by atoms with Gasteiger partial charge < -0.3 is 14.3 Å². The van der Waals surface area contributed by atoms with Crippen LogP contribution in [0.1, 0.15) is 17.4 Å². The van der Waals surface area contributed by atoms with E-state index in [2.05, 4.69) is 0 Å². The van der Waals surface area contributed by atoms with Crippen LogP contribution in [0.15, 0.2) is 41.0 Å². The summed E-state index contributed by atoms with van der Waals surface area (Å²) in [6.07, 6.45) is 0.494. The monoisotopic (exact) mass is 222 g/mol. The SMILES string of the molecule is COc1ccc(C(O)c2ccco2)cc1F. The van der Waals surface area contributed by atoms with Crippen molar-refractivity contribution in [2.75, 3.05) is 7.11 Å². The molecule has 1 unspecified atom stereocenters. The quantitative estimate of drug-likeness (QED) is 0.867. The van der Waals surface area contributed by atoms with Crippen molar-refractivity contribution in [3.8, 4) is 5.75 Å². The van der Waals surface area contributed by atoms with Crippen LogP contribution in [-0.2, 0) is 0 Å². The number of ether oxygens (including phenoxy) is 1. The van der Waals surface area contributed by atoms with Gasteiger partial charge in [0.05, 0.1) is 13.4 Å². The standard InChI is InChI=1S/C12H11FO3/c1-15-10-5-4-8(7-9(10)13)12(14)11-3-2-6-16-11/h2-7,12,14H,1H3. The van der Waals surface area contributed by atoms with Crippen LogP contribution in [0.3, 0.4) is 0 Å². The Labute approximate surface area is 92.1 Å². The molecule has 1 aromatic carbocycles. The van der Waals surface area contributed by atoms with E-state index in [9.17, 15) is 9.50 Å². The molecule has 3 nitrogen and oxygen atoms in total. The van der Waals surface area contributed by atoms with E-state index < -0.39 is 11.9 Å². The van der Waals surface area contributed by atoms with E-state index in [1.54, 1.807) is 18.2 Å². The van der Waals surface area contributed by atoms with E-state index in [-0.39, 0.29) is 5.75 Å². The van der Waals surface area contributed by atoms with Gasteiger partial charge in [-0.05, 0) is 29.8 Å². The molecule has 0 aliphatic rings. The minimum Gasteiger partial charge on any atom is -0.494 e. The predicted octanol–water partition coefficient (Wildman–Crippen LogP) is 2.51. The fourth-order valence-corrected chi connectivity index (χ4v) is 1.46. The van der Waals surface area contributed by atoms with Crippen molar-refractivity contribution in [1.29, 1.82) is 0 Å². The number of rotatable bonds is 3. The first-order chi connectivity index (χ1) is 7.72. The van der Waals surface area contributed by atoms with E-state index in [1.165, 1.54) is 25.5 Å². The Balaban J connectivity index is 2.31. The summed E-state index contributed by atoms with van der Waals surface area (Å²) in [5, 5.41) is 9.87. The van der Waals surface area contributed by atoms with Gasteiger partial charge in [0.1, 0.15) is 11.9 Å². The molecule has 0 fully saturated rings. The van der Waals surface area contributed by atoms with Crippen molar-refractivity contribution in [3.05, 3.63) is 53.7 Å². The molecule has 1 atom stereocenters. The number of methoxy groups -OCH3 is 1. The lowest BCUT2D eigenvalue weighted by atomic mass is 10.1. The molecule has 0 amide bonds. The third kappa shape index (κ3) is 1.92. The van der Waals surface area contributed by atoms with E-state index >= 15 is 0 Å². The molecule has 0 aliphatic carbocycles. The number of furan rings is 1. The lowest BCUT2D eigenvalue weighted by molar-refractivity contribution is 0.188. The number of benzene rings is 1. The summed E-state index contributed by atoms with van der Waals surface area (Å²) in [4.78, 5) is 0. The number of halogens is 1. The molecule has 16 heavy (non-hydrogen) atoms. The van der Waals surface area contributed by atoms with Crippen LogP contribution in [0.5, 0.6) is 5.75 Å². The highest BCUT2D eigenvalue weighted by molar-refractivity contribution is 5.32. The minimum absolute atomic E-state index is 0.149. The maximum atomic E-state index is 13.4. The van der Waals surface area contributed by atoms with E-state index in [0.717, 1.165) is 0 Å². The van der Waals surface area contributed by atoms with Crippen molar-refractivity contribution >= 4 is 0 Å². The van der Waals surface area contributed by atoms with Gasteiger partial charge in [-0.3, -0.25) is 0 Å². The minimum atomic E-state index is -0.963. The number of hydrogen-bond donors (Lipinski definition) is 1. The molecular formula is C12H11FO3. The molecule has 0 spiro atoms. The highest BCUT2D eigenvalue weighted by Crippen LogP contribution is 2.26. The third-order valence-corrected chi connectivity index (χ3v) is 2.30. The maximum absolute atomic E-state index is 13.4. The van der Waals surface area contributed by atoms with Gasteiger partial charge in [0.2, 0.25) is 0 Å². The Bertz CT molecular complexity index is 465. The molecule has 1 N–H and O–H groups in total. The Hall–Kier alpha value is -1.81. The second-order valence-corrected chi connectivity index (χ2v) is 3.31. The van der Waals surface area contributed by atoms with Crippen molar-refractivity contribution in [1.82, 2.24) is 0 Å². The van der Waals surface area contributed by atoms with Crippen LogP contribution < -0.4 is 4.74 Å². The van der Waals surface area contributed by atoms with E-state index in [1.807, 2.05) is 0 Å². The first-order valence-corrected chi connectivity index (χ1v) is 4.77. The molecule has 0 saturated heterocycles. The lowest BCUT2D eigenvalue weighted by Crippen LogP contribution is -1.99. The van der Waals surface area contributed by atoms with E-state index in [4.69, 9.17) is 9.15 Å². The summed E-state index contributed by atoms with van der Waals surface area (Å²) < 4.78 is 23.2. The topological polar surface area (TPSA) is 42.6 Å². The summed E-state index contributed by atoms with van der Waals surface area (Å²) in [5.41, 5.74) is 0.424. The van der Waals surface area contributed by atoms with Gasteiger partial charge >= 0.3 is 0 Å². The highest BCUT2D eigenvalue weighted by atomic mass is 19.1. The lowest BCUT2D eigenvalue weighted by Gasteiger charge is -2.09. The van der Waals surface area contributed by atoms with Gasteiger partial charge in [0.25, 0.3) is 0 Å². The number of aliphatic hydroxyl groups is 1. The van der Waals surface area contributed by atoms with Gasteiger partial charge in [-0.1, -0.05) is 6.07 Å². The second kappa shape index (κ2) is 4.37. The van der Waals surface area contributed by atoms with Gasteiger partial charge in [-0.15, -0.1) is 0 Å². The molecule has 0 saturated carbocycles. The smallest absolute Gasteiger partial charge is 0.165 e. The van der Waals surface area contributed by atoms with Crippen LogP contribution in [0.2, 0.25) is 0 Å². The molecule has 0 radical (unpaired) electrons. The normalized spacial score (nSPS) is 12.4. The van der Waals surface area contributed by atoms with Crippen LogP contribution in [-0.4, -0.2) is 12.2 Å². The molecular weight excluding hydrogens is 211 g/mol. The molecule has 1 heterocycles. The third-order valence-electron chi connectivity index (χ3n) is 2.30. The summed E-state index contributed by atoms with van der Waals surface area (Å²) in [6, 6.07) is 7.59. The van der Waals surface area contributed by atoms with E-state index in [0.29, 0.717) is 11.3 Å². The fraction of sp³-hybridized carbons (Fsp3) is 0.167. The molecule has 4 heteroatoms. The van der Waals surface area contributed by atoms with Crippen LogP contribution in [0.25, 0.3) is 0 Å². The molecule has 1 aromatic heterocycles. The first-order valence-electron chi connectivity index (χ1n) is 4.77. The Kier molecular flexibility index (Phi) is 2.92. The Morgan fingerprint density at radius 3 is 2.75 bits per heavy atom. The number of aliphatic hydroxyl groups excluding tert-OH is 1. The summed E-state index contributed by atoms with van der Waals surface area (Å²) in [7, 11) is 1.39. The second-order valence-electron chi connectivity index (χ2n) is 3.31. The Morgan fingerprint density at radius 1 is 1.38 bits per heavy atom. The van der Waals surface area contributed by atoms with Crippen molar-refractivity contribution in [3.63, 3.8) is 0 Å². The zero-order valence-electron chi connectivity index (χ0n) is 8.68. The van der Waals surface area contributed by atoms with Crippen LogP contribution >= 0.6 is 0 Å². The van der Waals surface area contributed by atoms with Gasteiger partial charge in [-0.25, -0.2) is 4.39 Å². The molecule has 2 rings (SSSR count). The summed E-state index contributed by atoms with van der Waals surface area (Å²) in [5.74, 6) is 0.0190. The number of hydrogen-bond acceptors (Lipinski definition) is 3. The van der Waals surface area contributed by atoms with Gasteiger partial charge in [0, 0.05) is 0 Å². The molecule has 84 valence electrons. The van der Waals surface area contributed by atoms with Crippen molar-refractivity contribution < 1.29 is 18.7 Å². The van der Waals surface area contributed by atoms with Crippen molar-refractivity contribution in [2.24, 2.45) is 0 Å². The predicted molar refractivity (Wildman–Crippen MR) is 55.7 cm³/mol.